The van der Waals surface area contributed by atoms with Crippen LogP contribution in [0.25, 0.3) is 0 Å². The van der Waals surface area contributed by atoms with Crippen LogP contribution in [-0.4, -0.2) is 48.6 Å². The monoisotopic (exact) mass is 346 g/mol. The zero-order valence-electron chi connectivity index (χ0n) is 14.0. The van der Waals surface area contributed by atoms with Crippen LogP contribution in [0.3, 0.4) is 0 Å². The third-order valence-electron chi connectivity index (χ3n) is 4.30. The normalized spacial score (nSPS) is 15.5. The lowest BCUT2D eigenvalue weighted by molar-refractivity contribution is -0.116. The highest BCUT2D eigenvalue weighted by Crippen LogP contribution is 2.19. The van der Waals surface area contributed by atoms with Gasteiger partial charge in [0, 0.05) is 48.6 Å². The molecule has 24 heavy (non-hydrogen) atoms. The first kappa shape index (κ1) is 16.7. The molecule has 1 aliphatic heterocycles. The number of thiazole rings is 1. The van der Waals surface area contributed by atoms with Gasteiger partial charge in [0.05, 0.1) is 0 Å². The number of amides is 1. The van der Waals surface area contributed by atoms with Gasteiger partial charge in [0.25, 0.3) is 0 Å². The Hall–Kier alpha value is -2.12. The number of hydrogen-bond donors (Lipinski definition) is 1. The van der Waals surface area contributed by atoms with Gasteiger partial charge in [-0.15, -0.1) is 0 Å². The Morgan fingerprint density at radius 1 is 1.17 bits per heavy atom. The number of benzene rings is 1. The smallest absolute Gasteiger partial charge is 0.307 e. The maximum absolute atomic E-state index is 12.1. The second-order valence-corrected chi connectivity index (χ2v) is 6.94. The van der Waals surface area contributed by atoms with Gasteiger partial charge in [-0.2, -0.15) is 0 Å². The first-order valence-corrected chi connectivity index (χ1v) is 8.89. The van der Waals surface area contributed by atoms with Crippen molar-refractivity contribution in [1.82, 2.24) is 9.47 Å². The number of piperazine rings is 1. The summed E-state index contributed by atoms with van der Waals surface area (Å²) in [6.07, 6.45) is 0. The van der Waals surface area contributed by atoms with E-state index in [0.717, 1.165) is 48.9 Å². The van der Waals surface area contributed by atoms with Gasteiger partial charge >= 0.3 is 4.87 Å². The van der Waals surface area contributed by atoms with Gasteiger partial charge in [-0.05, 0) is 38.2 Å². The zero-order valence-corrected chi connectivity index (χ0v) is 14.8. The van der Waals surface area contributed by atoms with Crippen molar-refractivity contribution in [2.24, 2.45) is 0 Å². The van der Waals surface area contributed by atoms with Crippen molar-refractivity contribution in [3.05, 3.63) is 45.0 Å². The van der Waals surface area contributed by atoms with Gasteiger partial charge in [-0.3, -0.25) is 14.2 Å². The van der Waals surface area contributed by atoms with Crippen molar-refractivity contribution in [3.63, 3.8) is 0 Å². The minimum absolute atomic E-state index is 0.0500. The summed E-state index contributed by atoms with van der Waals surface area (Å²) in [7, 11) is 2.14. The van der Waals surface area contributed by atoms with Crippen molar-refractivity contribution in [2.75, 3.05) is 43.4 Å². The fraction of sp³-hybridized carbons (Fsp3) is 0.412. The highest BCUT2D eigenvalue weighted by atomic mass is 32.1. The van der Waals surface area contributed by atoms with Crippen molar-refractivity contribution >= 4 is 28.6 Å². The zero-order chi connectivity index (χ0) is 17.1. The van der Waals surface area contributed by atoms with Crippen LogP contribution in [-0.2, 0) is 11.3 Å². The van der Waals surface area contributed by atoms with Gasteiger partial charge in [-0.1, -0.05) is 11.3 Å². The maximum Gasteiger partial charge on any atom is 0.307 e. The van der Waals surface area contributed by atoms with E-state index in [1.54, 1.807) is 5.38 Å². The summed E-state index contributed by atoms with van der Waals surface area (Å²) < 4.78 is 1.48. The molecule has 1 saturated heterocycles. The van der Waals surface area contributed by atoms with E-state index in [0.29, 0.717) is 0 Å². The number of nitrogens with zero attached hydrogens (tertiary/aromatic N) is 3. The molecular weight excluding hydrogens is 324 g/mol. The summed E-state index contributed by atoms with van der Waals surface area (Å²) >= 11 is 1.12. The molecule has 0 aliphatic carbocycles. The first-order chi connectivity index (χ1) is 11.5. The van der Waals surface area contributed by atoms with Crippen LogP contribution in [0.1, 0.15) is 5.69 Å². The van der Waals surface area contributed by atoms with E-state index < -0.39 is 0 Å². The Balaban J connectivity index is 1.60. The van der Waals surface area contributed by atoms with Gasteiger partial charge in [0.15, 0.2) is 0 Å². The summed E-state index contributed by atoms with van der Waals surface area (Å²) in [5.74, 6) is -0.189. The summed E-state index contributed by atoms with van der Waals surface area (Å²) in [5.41, 5.74) is 2.73. The van der Waals surface area contributed by atoms with Crippen molar-refractivity contribution in [2.45, 2.75) is 13.5 Å². The number of likely N-dealkylation sites (N-methyl/N-ethyl adjacent to an activating group) is 1. The van der Waals surface area contributed by atoms with E-state index in [4.69, 9.17) is 0 Å². The second kappa shape index (κ2) is 7.19. The van der Waals surface area contributed by atoms with Crippen LogP contribution < -0.4 is 15.1 Å². The Kier molecular flexibility index (Phi) is 5.01. The standard InChI is InChI=1S/C17H22N4O2S/c1-13-12-24-17(23)21(13)11-16(22)18-14-3-5-15(6-4-14)20-9-7-19(2)8-10-20/h3-6,12H,7-11H2,1-2H3,(H,18,22). The van der Waals surface area contributed by atoms with Gasteiger partial charge in [0.2, 0.25) is 5.91 Å². The Morgan fingerprint density at radius 2 is 1.83 bits per heavy atom. The minimum Gasteiger partial charge on any atom is -0.369 e. The molecule has 0 atom stereocenters. The summed E-state index contributed by atoms with van der Waals surface area (Å²) in [4.78, 5) is 28.4. The quantitative estimate of drug-likeness (QED) is 0.914. The molecule has 0 spiro atoms. The maximum atomic E-state index is 12.1. The summed E-state index contributed by atoms with van der Waals surface area (Å²) in [6, 6.07) is 7.88. The van der Waals surface area contributed by atoms with Crippen molar-refractivity contribution in [3.8, 4) is 0 Å². The average molecular weight is 346 g/mol. The number of nitrogens with one attached hydrogen (secondary N) is 1. The Bertz CT molecular complexity index is 758. The number of hydrogen-bond acceptors (Lipinski definition) is 5. The van der Waals surface area contributed by atoms with Crippen LogP contribution in [0.4, 0.5) is 11.4 Å². The van der Waals surface area contributed by atoms with E-state index in [1.165, 1.54) is 10.3 Å². The minimum atomic E-state index is -0.189. The largest absolute Gasteiger partial charge is 0.369 e. The molecule has 0 radical (unpaired) electrons. The van der Waals surface area contributed by atoms with E-state index in [1.807, 2.05) is 31.2 Å². The topological polar surface area (TPSA) is 57.6 Å². The van der Waals surface area contributed by atoms with Gasteiger partial charge < -0.3 is 15.1 Å². The number of anilines is 2. The predicted octanol–water partition coefficient (Wildman–Crippen LogP) is 1.61. The molecule has 0 saturated carbocycles. The fourth-order valence-electron chi connectivity index (χ4n) is 2.76. The molecule has 7 heteroatoms. The van der Waals surface area contributed by atoms with E-state index in [2.05, 4.69) is 22.2 Å². The molecule has 1 aliphatic rings. The second-order valence-electron chi connectivity index (χ2n) is 6.11. The predicted molar refractivity (Wildman–Crippen MR) is 98.1 cm³/mol. The van der Waals surface area contributed by atoms with Gasteiger partial charge in [0.1, 0.15) is 6.54 Å². The summed E-state index contributed by atoms with van der Waals surface area (Å²) in [6.45, 7) is 6.04. The van der Waals surface area contributed by atoms with Crippen molar-refractivity contribution in [1.29, 1.82) is 0 Å². The number of carbonyl (C=O) groups excluding carboxylic acids is 1. The molecule has 128 valence electrons. The molecule has 0 unspecified atom stereocenters. The number of aromatic nitrogens is 1. The SMILES string of the molecule is Cc1csc(=O)n1CC(=O)Nc1ccc(N2CCN(C)CC2)cc1. The molecular formula is C17H22N4O2S. The van der Waals surface area contributed by atoms with E-state index in [9.17, 15) is 9.59 Å². The van der Waals surface area contributed by atoms with Crippen LogP contribution in [0.15, 0.2) is 34.4 Å². The van der Waals surface area contributed by atoms with Crippen LogP contribution in [0.5, 0.6) is 0 Å². The molecule has 1 aromatic carbocycles. The molecule has 1 aromatic heterocycles. The molecule has 2 aromatic rings. The fourth-order valence-corrected chi connectivity index (χ4v) is 3.49. The first-order valence-electron chi connectivity index (χ1n) is 8.01. The molecule has 6 nitrogen and oxygen atoms in total. The molecule has 3 rings (SSSR count). The van der Waals surface area contributed by atoms with Crippen molar-refractivity contribution < 1.29 is 4.79 Å². The highest BCUT2D eigenvalue weighted by Gasteiger charge is 2.14. The third-order valence-corrected chi connectivity index (χ3v) is 5.18. The highest BCUT2D eigenvalue weighted by molar-refractivity contribution is 7.07. The lowest BCUT2D eigenvalue weighted by Gasteiger charge is -2.34. The molecule has 1 N–H and O–H groups in total. The lowest BCUT2D eigenvalue weighted by atomic mass is 10.2. The molecule has 1 fully saturated rings. The Labute approximate surface area is 145 Å². The van der Waals surface area contributed by atoms with Crippen LogP contribution in [0, 0.1) is 6.92 Å². The van der Waals surface area contributed by atoms with Gasteiger partial charge in [-0.25, -0.2) is 0 Å². The van der Waals surface area contributed by atoms with Crippen LogP contribution >= 0.6 is 11.3 Å². The van der Waals surface area contributed by atoms with E-state index >= 15 is 0 Å². The number of rotatable bonds is 4. The average Bonchev–Trinajstić information content (AvgIpc) is 2.88. The molecule has 0 bridgehead atoms. The Morgan fingerprint density at radius 3 is 2.42 bits per heavy atom. The number of carbonyl (C=O) groups is 1. The molecule has 1 amide bonds. The van der Waals surface area contributed by atoms with E-state index in [-0.39, 0.29) is 17.3 Å². The lowest BCUT2D eigenvalue weighted by Crippen LogP contribution is -2.44. The summed E-state index contributed by atoms with van der Waals surface area (Å²) in [5, 5.41) is 4.62. The van der Waals surface area contributed by atoms with Crippen LogP contribution in [0.2, 0.25) is 0 Å². The third kappa shape index (κ3) is 3.85. The molecule has 2 heterocycles. The number of aryl methyl sites for hydroxylation is 1.